The Morgan fingerprint density at radius 3 is 2.00 bits per heavy atom. The molecule has 0 radical (unpaired) electrons. The summed E-state index contributed by atoms with van der Waals surface area (Å²) in [5, 5.41) is 2.71. The highest BCUT2D eigenvalue weighted by Crippen LogP contribution is 2.16. The van der Waals surface area contributed by atoms with Crippen LogP contribution in [0.25, 0.3) is 0 Å². The first kappa shape index (κ1) is 19.5. The molecule has 2 amide bonds. The molecule has 26 heavy (non-hydrogen) atoms. The average Bonchev–Trinajstić information content (AvgIpc) is 2.60. The van der Waals surface area contributed by atoms with E-state index in [-0.39, 0.29) is 19.1 Å². The Bertz CT molecular complexity index is 757. The third-order valence-corrected chi connectivity index (χ3v) is 3.44. The van der Waals surface area contributed by atoms with Gasteiger partial charge in [-0.3, -0.25) is 9.59 Å². The first-order chi connectivity index (χ1) is 12.2. The van der Waals surface area contributed by atoms with Gasteiger partial charge in [-0.15, -0.1) is 0 Å². The lowest BCUT2D eigenvalue weighted by molar-refractivity contribution is -0.176. The molecule has 8 heteroatoms. The molecule has 5 nitrogen and oxygen atoms in total. The second kappa shape index (κ2) is 8.48. The topological polar surface area (TPSA) is 81.4 Å². The second-order valence-electron chi connectivity index (χ2n) is 5.55. The summed E-state index contributed by atoms with van der Waals surface area (Å²) in [7, 11) is 0. The van der Waals surface area contributed by atoms with Crippen LogP contribution in [0.3, 0.4) is 0 Å². The number of ether oxygens (including phenoxy) is 1. The van der Waals surface area contributed by atoms with Crippen LogP contribution in [0.1, 0.15) is 31.8 Å². The van der Waals surface area contributed by atoms with Crippen molar-refractivity contribution >= 4 is 11.8 Å². The first-order valence-electron chi connectivity index (χ1n) is 7.65. The van der Waals surface area contributed by atoms with Crippen molar-refractivity contribution in [2.45, 2.75) is 19.3 Å². The summed E-state index contributed by atoms with van der Waals surface area (Å²) in [4.78, 5) is 23.0. The molecule has 138 valence electrons. The molecule has 0 unspecified atom stereocenters. The van der Waals surface area contributed by atoms with Crippen molar-refractivity contribution in [2.75, 3.05) is 6.61 Å². The quantitative estimate of drug-likeness (QED) is 0.791. The minimum absolute atomic E-state index is 0.141. The van der Waals surface area contributed by atoms with Gasteiger partial charge in [-0.25, -0.2) is 0 Å². The van der Waals surface area contributed by atoms with Gasteiger partial charge in [0, 0.05) is 17.7 Å². The summed E-state index contributed by atoms with van der Waals surface area (Å²) >= 11 is 0. The van der Waals surface area contributed by atoms with Crippen LogP contribution in [0.2, 0.25) is 0 Å². The number of carbonyl (C=O) groups is 2. The van der Waals surface area contributed by atoms with Gasteiger partial charge in [-0.05, 0) is 35.4 Å². The van der Waals surface area contributed by atoms with E-state index in [1.165, 1.54) is 24.3 Å². The van der Waals surface area contributed by atoms with Crippen molar-refractivity contribution in [3.8, 4) is 0 Å². The molecule has 0 atom stereocenters. The van der Waals surface area contributed by atoms with Gasteiger partial charge in [0.1, 0.15) is 6.61 Å². The highest BCUT2D eigenvalue weighted by molar-refractivity contribution is 5.97. The molecule has 0 aliphatic carbocycles. The number of benzene rings is 2. The van der Waals surface area contributed by atoms with Gasteiger partial charge in [0.25, 0.3) is 5.91 Å². The highest BCUT2D eigenvalue weighted by atomic mass is 19.4. The molecule has 0 bridgehead atoms. The van der Waals surface area contributed by atoms with Crippen molar-refractivity contribution in [1.82, 2.24) is 5.32 Å². The van der Waals surface area contributed by atoms with Gasteiger partial charge < -0.3 is 15.8 Å². The molecule has 0 aliphatic rings. The summed E-state index contributed by atoms with van der Waals surface area (Å²) in [6.45, 7) is -1.18. The number of nitrogens with one attached hydrogen (secondary N) is 1. The van der Waals surface area contributed by atoms with Crippen LogP contribution in [0.15, 0.2) is 48.5 Å². The standard InChI is InChI=1S/C18H17F3N2O3/c19-18(20,21)11-26-10-13-3-1-12(2-4-13)9-23-17(25)15-7-5-14(6-8-15)16(22)24/h1-8H,9-11H2,(H2,22,24)(H,23,25). The van der Waals surface area contributed by atoms with E-state index in [0.29, 0.717) is 16.7 Å². The Balaban J connectivity index is 1.83. The zero-order chi connectivity index (χ0) is 19.2. The molecule has 0 saturated carbocycles. The normalized spacial score (nSPS) is 11.2. The number of nitrogens with two attached hydrogens (primary N) is 1. The van der Waals surface area contributed by atoms with Crippen LogP contribution in [0, 0.1) is 0 Å². The van der Waals surface area contributed by atoms with Crippen LogP contribution in [0.4, 0.5) is 13.2 Å². The number of primary amides is 1. The molecule has 3 N–H and O–H groups in total. The summed E-state index contributed by atoms with van der Waals surface area (Å²) in [5.41, 5.74) is 7.21. The number of halogens is 3. The molecule has 0 fully saturated rings. The molecule has 0 heterocycles. The lowest BCUT2D eigenvalue weighted by Crippen LogP contribution is -2.23. The van der Waals surface area contributed by atoms with Crippen molar-refractivity contribution < 1.29 is 27.5 Å². The molecular weight excluding hydrogens is 349 g/mol. The van der Waals surface area contributed by atoms with E-state index in [1.807, 2.05) is 0 Å². The Labute approximate surface area is 148 Å². The van der Waals surface area contributed by atoms with Gasteiger partial charge in [0.2, 0.25) is 5.91 Å². The number of carbonyl (C=O) groups excluding carboxylic acids is 2. The average molecular weight is 366 g/mol. The SMILES string of the molecule is NC(=O)c1ccc(C(=O)NCc2ccc(COCC(F)(F)F)cc2)cc1. The van der Waals surface area contributed by atoms with Gasteiger partial charge in [-0.1, -0.05) is 24.3 Å². The van der Waals surface area contributed by atoms with Crippen molar-refractivity contribution in [3.63, 3.8) is 0 Å². The van der Waals surface area contributed by atoms with Gasteiger partial charge in [-0.2, -0.15) is 13.2 Å². The Morgan fingerprint density at radius 1 is 0.923 bits per heavy atom. The van der Waals surface area contributed by atoms with Crippen LogP contribution in [-0.2, 0) is 17.9 Å². The summed E-state index contributed by atoms with van der Waals surface area (Å²) in [6, 6.07) is 12.6. The number of amides is 2. The van der Waals surface area contributed by atoms with E-state index in [0.717, 1.165) is 5.56 Å². The van der Waals surface area contributed by atoms with E-state index >= 15 is 0 Å². The molecule has 0 aliphatic heterocycles. The predicted molar refractivity (Wildman–Crippen MR) is 88.3 cm³/mol. The molecule has 0 saturated heterocycles. The molecule has 2 aromatic carbocycles. The molecular formula is C18H17F3N2O3. The minimum atomic E-state index is -4.35. The van der Waals surface area contributed by atoms with Gasteiger partial charge in [0.15, 0.2) is 0 Å². The molecule has 0 spiro atoms. The van der Waals surface area contributed by atoms with E-state index in [2.05, 4.69) is 10.1 Å². The Kier molecular flexibility index (Phi) is 6.35. The number of hydrogen-bond acceptors (Lipinski definition) is 3. The van der Waals surface area contributed by atoms with Crippen LogP contribution < -0.4 is 11.1 Å². The summed E-state index contributed by atoms with van der Waals surface area (Å²) in [6.07, 6.45) is -4.35. The Morgan fingerprint density at radius 2 is 1.46 bits per heavy atom. The van der Waals surface area contributed by atoms with E-state index in [9.17, 15) is 22.8 Å². The van der Waals surface area contributed by atoms with Gasteiger partial charge in [0.05, 0.1) is 6.61 Å². The summed E-state index contributed by atoms with van der Waals surface area (Å²) < 4.78 is 40.6. The van der Waals surface area contributed by atoms with E-state index < -0.39 is 18.7 Å². The van der Waals surface area contributed by atoms with Gasteiger partial charge >= 0.3 is 6.18 Å². The second-order valence-corrected chi connectivity index (χ2v) is 5.55. The molecule has 0 aromatic heterocycles. The molecule has 2 rings (SSSR count). The van der Waals surface area contributed by atoms with Crippen LogP contribution >= 0.6 is 0 Å². The third-order valence-electron chi connectivity index (χ3n) is 3.44. The number of rotatable bonds is 7. The zero-order valence-electron chi connectivity index (χ0n) is 13.7. The zero-order valence-corrected chi connectivity index (χ0v) is 13.7. The van der Waals surface area contributed by atoms with Crippen LogP contribution in [0.5, 0.6) is 0 Å². The largest absolute Gasteiger partial charge is 0.411 e. The van der Waals surface area contributed by atoms with Crippen molar-refractivity contribution in [2.24, 2.45) is 5.73 Å². The third kappa shape index (κ3) is 6.21. The Hall–Kier alpha value is -2.87. The minimum Gasteiger partial charge on any atom is -0.367 e. The first-order valence-corrected chi connectivity index (χ1v) is 7.65. The van der Waals surface area contributed by atoms with Crippen LogP contribution in [-0.4, -0.2) is 24.6 Å². The smallest absolute Gasteiger partial charge is 0.367 e. The monoisotopic (exact) mass is 366 g/mol. The fourth-order valence-corrected chi connectivity index (χ4v) is 2.11. The van der Waals surface area contributed by atoms with E-state index in [4.69, 9.17) is 5.73 Å². The lowest BCUT2D eigenvalue weighted by Gasteiger charge is -2.09. The molecule has 2 aromatic rings. The summed E-state index contributed by atoms with van der Waals surface area (Å²) in [5.74, 6) is -0.894. The maximum absolute atomic E-state index is 12.0. The van der Waals surface area contributed by atoms with E-state index in [1.54, 1.807) is 24.3 Å². The maximum atomic E-state index is 12.0. The fourth-order valence-electron chi connectivity index (χ4n) is 2.11. The number of alkyl halides is 3. The fraction of sp³-hybridized carbons (Fsp3) is 0.222. The van der Waals surface area contributed by atoms with Crippen molar-refractivity contribution in [1.29, 1.82) is 0 Å². The predicted octanol–water partition coefficient (Wildman–Crippen LogP) is 2.79. The highest BCUT2D eigenvalue weighted by Gasteiger charge is 2.27. The lowest BCUT2D eigenvalue weighted by atomic mass is 10.1. The number of hydrogen-bond donors (Lipinski definition) is 2. The van der Waals surface area contributed by atoms with Crippen molar-refractivity contribution in [3.05, 3.63) is 70.8 Å². The maximum Gasteiger partial charge on any atom is 0.411 e.